The predicted molar refractivity (Wildman–Crippen MR) is 81.8 cm³/mol. The molecule has 1 atom stereocenters. The molecule has 1 heterocycles. The van der Waals surface area contributed by atoms with Crippen LogP contribution in [-0.2, 0) is 11.2 Å². The van der Waals surface area contributed by atoms with Crippen LogP contribution in [0.1, 0.15) is 12.0 Å². The van der Waals surface area contributed by atoms with Crippen molar-refractivity contribution in [2.45, 2.75) is 24.8 Å². The molecule has 2 rings (SSSR count). The molecule has 0 aromatic heterocycles. The van der Waals surface area contributed by atoms with Gasteiger partial charge < -0.3 is 5.32 Å². The molecule has 1 amide bonds. The highest BCUT2D eigenvalue weighted by Crippen LogP contribution is 2.25. The third-order valence-electron chi connectivity index (χ3n) is 3.14. The van der Waals surface area contributed by atoms with E-state index in [4.69, 9.17) is 23.2 Å². The second-order valence-corrected chi connectivity index (χ2v) is 5.61. The lowest BCUT2D eigenvalue weighted by atomic mass is 10.1. The second kappa shape index (κ2) is 7.58. The Kier molecular flexibility index (Phi) is 6.66. The molecule has 1 aliphatic rings. The summed E-state index contributed by atoms with van der Waals surface area (Å²) in [5, 5.41) is 6.20. The van der Waals surface area contributed by atoms with Crippen molar-refractivity contribution in [2.24, 2.45) is 0 Å². The van der Waals surface area contributed by atoms with Crippen LogP contribution < -0.4 is 10.6 Å². The zero-order chi connectivity index (χ0) is 14.8. The van der Waals surface area contributed by atoms with Gasteiger partial charge in [-0.25, -0.2) is 8.78 Å². The van der Waals surface area contributed by atoms with E-state index in [0.717, 1.165) is 5.56 Å². The van der Waals surface area contributed by atoms with Gasteiger partial charge in [-0.3, -0.25) is 10.1 Å². The first kappa shape index (κ1) is 18.4. The van der Waals surface area contributed by atoms with Crippen LogP contribution in [0, 0.1) is 0 Å². The molecule has 0 saturated carbocycles. The molecule has 0 spiro atoms. The standard InChI is InChI=1S/C13H14Cl2F2N2O.ClH/c14-9-2-1-8(10(15)5-9)3-4-18-12(20)11-6-13(16,17)7-19-11;/h1-2,5,11,19H,3-4,6-7H2,(H,18,20);1H. The van der Waals surface area contributed by atoms with Gasteiger partial charge in [0.1, 0.15) is 0 Å². The molecule has 0 aliphatic carbocycles. The van der Waals surface area contributed by atoms with Gasteiger partial charge in [0.05, 0.1) is 12.6 Å². The third kappa shape index (κ3) is 5.25. The van der Waals surface area contributed by atoms with Gasteiger partial charge in [0.2, 0.25) is 5.91 Å². The number of amides is 1. The van der Waals surface area contributed by atoms with Crippen molar-refractivity contribution in [3.63, 3.8) is 0 Å². The molecular formula is C13H15Cl3F2N2O. The van der Waals surface area contributed by atoms with Gasteiger partial charge in [0, 0.05) is 23.0 Å². The van der Waals surface area contributed by atoms with Crippen LogP contribution in [0.5, 0.6) is 0 Å². The second-order valence-electron chi connectivity index (χ2n) is 4.77. The summed E-state index contributed by atoms with van der Waals surface area (Å²) in [6.07, 6.45) is 0.0609. The van der Waals surface area contributed by atoms with Crippen LogP contribution in [0.2, 0.25) is 10.0 Å². The average Bonchev–Trinajstić information content (AvgIpc) is 2.72. The van der Waals surface area contributed by atoms with Gasteiger partial charge >= 0.3 is 0 Å². The zero-order valence-electron chi connectivity index (χ0n) is 11.0. The highest BCUT2D eigenvalue weighted by Gasteiger charge is 2.42. The highest BCUT2D eigenvalue weighted by molar-refractivity contribution is 6.35. The zero-order valence-corrected chi connectivity index (χ0v) is 13.3. The molecule has 1 unspecified atom stereocenters. The third-order valence-corrected chi connectivity index (χ3v) is 3.72. The number of carbonyl (C=O) groups excluding carboxylic acids is 1. The fourth-order valence-electron chi connectivity index (χ4n) is 2.07. The van der Waals surface area contributed by atoms with Crippen molar-refractivity contribution in [3.8, 4) is 0 Å². The Morgan fingerprint density at radius 1 is 1.43 bits per heavy atom. The maximum Gasteiger partial charge on any atom is 0.262 e. The average molecular weight is 360 g/mol. The first-order valence-corrected chi connectivity index (χ1v) is 6.96. The van der Waals surface area contributed by atoms with Gasteiger partial charge in [-0.1, -0.05) is 29.3 Å². The highest BCUT2D eigenvalue weighted by atomic mass is 35.5. The van der Waals surface area contributed by atoms with E-state index in [1.54, 1.807) is 18.2 Å². The molecule has 1 aliphatic heterocycles. The Bertz CT molecular complexity index is 514. The van der Waals surface area contributed by atoms with Crippen LogP contribution in [-0.4, -0.2) is 31.0 Å². The number of benzene rings is 1. The smallest absolute Gasteiger partial charge is 0.262 e. The number of nitrogens with one attached hydrogen (secondary N) is 2. The molecule has 1 saturated heterocycles. The molecule has 21 heavy (non-hydrogen) atoms. The predicted octanol–water partition coefficient (Wildman–Crippen LogP) is 3.07. The fourth-order valence-corrected chi connectivity index (χ4v) is 2.57. The normalized spacial score (nSPS) is 19.9. The van der Waals surface area contributed by atoms with Crippen molar-refractivity contribution >= 4 is 41.5 Å². The van der Waals surface area contributed by atoms with E-state index in [-0.39, 0.29) is 12.4 Å². The number of hydrogen-bond acceptors (Lipinski definition) is 2. The Labute approximate surface area is 137 Å². The number of alkyl halides is 2. The van der Waals surface area contributed by atoms with E-state index >= 15 is 0 Å². The van der Waals surface area contributed by atoms with Gasteiger partial charge in [-0.05, 0) is 24.1 Å². The van der Waals surface area contributed by atoms with Crippen LogP contribution in [0.15, 0.2) is 18.2 Å². The minimum atomic E-state index is -2.80. The lowest BCUT2D eigenvalue weighted by Gasteiger charge is -2.11. The van der Waals surface area contributed by atoms with Crippen molar-refractivity contribution < 1.29 is 13.6 Å². The summed E-state index contributed by atoms with van der Waals surface area (Å²) in [6, 6.07) is 4.28. The first-order valence-electron chi connectivity index (χ1n) is 6.20. The van der Waals surface area contributed by atoms with E-state index in [9.17, 15) is 13.6 Å². The summed E-state index contributed by atoms with van der Waals surface area (Å²) in [4.78, 5) is 11.7. The molecule has 0 bridgehead atoms. The van der Waals surface area contributed by atoms with Crippen molar-refractivity contribution in [1.29, 1.82) is 0 Å². The van der Waals surface area contributed by atoms with Crippen molar-refractivity contribution in [1.82, 2.24) is 10.6 Å². The van der Waals surface area contributed by atoms with E-state index in [1.807, 2.05) is 0 Å². The number of carbonyl (C=O) groups is 1. The quantitative estimate of drug-likeness (QED) is 0.867. The summed E-state index contributed by atoms with van der Waals surface area (Å²) in [5.41, 5.74) is 0.848. The Morgan fingerprint density at radius 2 is 2.14 bits per heavy atom. The van der Waals surface area contributed by atoms with Crippen LogP contribution >= 0.6 is 35.6 Å². The Morgan fingerprint density at radius 3 is 2.71 bits per heavy atom. The largest absolute Gasteiger partial charge is 0.354 e. The topological polar surface area (TPSA) is 41.1 Å². The maximum atomic E-state index is 13.0. The first-order chi connectivity index (χ1) is 9.37. The number of halogens is 5. The van der Waals surface area contributed by atoms with Gasteiger partial charge in [-0.2, -0.15) is 0 Å². The van der Waals surface area contributed by atoms with E-state index in [1.165, 1.54) is 0 Å². The minimum absolute atomic E-state index is 0. The molecule has 8 heteroatoms. The molecule has 1 fully saturated rings. The molecule has 2 N–H and O–H groups in total. The number of hydrogen-bond donors (Lipinski definition) is 2. The van der Waals surface area contributed by atoms with Crippen LogP contribution in [0.3, 0.4) is 0 Å². The summed E-state index contributed by atoms with van der Waals surface area (Å²) in [5.74, 6) is -3.21. The summed E-state index contributed by atoms with van der Waals surface area (Å²) in [7, 11) is 0. The summed E-state index contributed by atoms with van der Waals surface area (Å²) in [6.45, 7) is -0.113. The molecule has 118 valence electrons. The van der Waals surface area contributed by atoms with Crippen LogP contribution in [0.25, 0.3) is 0 Å². The van der Waals surface area contributed by atoms with Crippen LogP contribution in [0.4, 0.5) is 8.78 Å². The Balaban J connectivity index is 0.00000220. The molecular weight excluding hydrogens is 345 g/mol. The monoisotopic (exact) mass is 358 g/mol. The molecule has 0 radical (unpaired) electrons. The maximum absolute atomic E-state index is 13.0. The summed E-state index contributed by atoms with van der Waals surface area (Å²) >= 11 is 11.8. The SMILES string of the molecule is Cl.O=C(NCCc1ccc(Cl)cc1Cl)C1CC(F)(F)CN1. The van der Waals surface area contributed by atoms with E-state index in [0.29, 0.717) is 23.0 Å². The van der Waals surface area contributed by atoms with Crippen molar-refractivity contribution in [3.05, 3.63) is 33.8 Å². The lowest BCUT2D eigenvalue weighted by molar-refractivity contribution is -0.123. The molecule has 3 nitrogen and oxygen atoms in total. The van der Waals surface area contributed by atoms with Gasteiger partial charge in [0.15, 0.2) is 0 Å². The molecule has 1 aromatic rings. The minimum Gasteiger partial charge on any atom is -0.354 e. The van der Waals surface area contributed by atoms with Gasteiger partial charge in [0.25, 0.3) is 5.92 Å². The number of rotatable bonds is 4. The fraction of sp³-hybridized carbons (Fsp3) is 0.462. The summed E-state index contributed by atoms with van der Waals surface area (Å²) < 4.78 is 25.9. The van der Waals surface area contributed by atoms with Gasteiger partial charge in [-0.15, -0.1) is 12.4 Å². The lowest BCUT2D eigenvalue weighted by Crippen LogP contribution is -2.41. The Hall–Kier alpha value is -0.620. The van der Waals surface area contributed by atoms with Crippen molar-refractivity contribution in [2.75, 3.05) is 13.1 Å². The molecule has 1 aromatic carbocycles. The van der Waals surface area contributed by atoms with E-state index in [2.05, 4.69) is 10.6 Å². The van der Waals surface area contributed by atoms with E-state index < -0.39 is 30.8 Å².